The van der Waals surface area contributed by atoms with Crippen LogP contribution in [-0.2, 0) is 9.16 Å². The van der Waals surface area contributed by atoms with Gasteiger partial charge < -0.3 is 14.3 Å². The van der Waals surface area contributed by atoms with E-state index in [0.29, 0.717) is 12.5 Å². The summed E-state index contributed by atoms with van der Waals surface area (Å²) in [6, 6.07) is 21.2. The molecule has 4 nitrogen and oxygen atoms in total. The number of unbranched alkanes of at least 4 members (excludes halogenated alkanes) is 11. The minimum absolute atomic E-state index is 0.100. The highest BCUT2D eigenvalue weighted by molar-refractivity contribution is 6.99. The predicted molar refractivity (Wildman–Crippen MR) is 177 cm³/mol. The van der Waals surface area contributed by atoms with Gasteiger partial charge in [0.15, 0.2) is 12.0 Å². The van der Waals surface area contributed by atoms with E-state index in [2.05, 4.69) is 88.4 Å². The van der Waals surface area contributed by atoms with Gasteiger partial charge >= 0.3 is 0 Å². The van der Waals surface area contributed by atoms with E-state index in [0.717, 1.165) is 12.8 Å². The van der Waals surface area contributed by atoms with E-state index in [1.165, 1.54) is 81.0 Å². The average Bonchev–Trinajstić information content (AvgIpc) is 3.34. The molecule has 3 atom stereocenters. The fourth-order valence-corrected chi connectivity index (χ4v) is 11.0. The van der Waals surface area contributed by atoms with Crippen molar-refractivity contribution in [3.63, 3.8) is 0 Å². The molecule has 0 saturated carbocycles. The van der Waals surface area contributed by atoms with Crippen LogP contribution in [0.3, 0.4) is 0 Å². The number of rotatable bonds is 19. The topological polar surface area (TPSA) is 51.0 Å². The summed E-state index contributed by atoms with van der Waals surface area (Å²) in [5, 5.41) is 13.6. The van der Waals surface area contributed by atoms with Gasteiger partial charge in [-0.25, -0.2) is 4.99 Å². The highest BCUT2D eigenvalue weighted by Gasteiger charge is 2.51. The number of aliphatic imine (C=N–C) groups is 1. The van der Waals surface area contributed by atoms with E-state index < -0.39 is 14.4 Å². The molecule has 1 aliphatic heterocycles. The Kier molecular flexibility index (Phi) is 14.1. The minimum Gasteiger partial charge on any atom is -0.473 e. The lowest BCUT2D eigenvalue weighted by atomic mass is 10.00. The molecule has 1 N–H and O–H groups in total. The summed E-state index contributed by atoms with van der Waals surface area (Å²) in [6.07, 6.45) is 15.6. The van der Waals surface area contributed by atoms with E-state index in [1.54, 1.807) is 0 Å². The molecule has 2 aromatic rings. The summed E-state index contributed by atoms with van der Waals surface area (Å²) < 4.78 is 13.2. The molecule has 0 bridgehead atoms. The molecule has 0 unspecified atom stereocenters. The van der Waals surface area contributed by atoms with Gasteiger partial charge in [-0.1, -0.05) is 165 Å². The van der Waals surface area contributed by atoms with Gasteiger partial charge in [-0.3, -0.25) is 0 Å². The first-order chi connectivity index (χ1) is 19.8. The number of nitrogens with zero attached hydrogens (tertiary/aromatic N) is 1. The largest absolute Gasteiger partial charge is 0.473 e. The second kappa shape index (κ2) is 17.2. The van der Waals surface area contributed by atoms with Crippen LogP contribution in [0.1, 0.15) is 118 Å². The summed E-state index contributed by atoms with van der Waals surface area (Å²) in [6.45, 7) is 11.5. The van der Waals surface area contributed by atoms with Crippen LogP contribution < -0.4 is 10.4 Å². The molecular weight excluding hydrogens is 522 g/mol. The third-order valence-corrected chi connectivity index (χ3v) is 13.7. The van der Waals surface area contributed by atoms with Crippen LogP contribution in [0.2, 0.25) is 5.04 Å². The average molecular weight is 580 g/mol. The van der Waals surface area contributed by atoms with Crippen molar-refractivity contribution < 1.29 is 14.3 Å². The Balaban J connectivity index is 1.53. The highest BCUT2D eigenvalue weighted by atomic mass is 28.4. The Bertz CT molecular complexity index is 965. The molecule has 0 saturated heterocycles. The van der Waals surface area contributed by atoms with Gasteiger partial charge in [0.1, 0.15) is 6.04 Å². The van der Waals surface area contributed by atoms with E-state index in [1.807, 2.05) is 6.92 Å². The lowest BCUT2D eigenvalue weighted by molar-refractivity contribution is 0.0133. The summed E-state index contributed by atoms with van der Waals surface area (Å²) >= 11 is 0. The van der Waals surface area contributed by atoms with Gasteiger partial charge in [-0.15, -0.1) is 0 Å². The standard InChI is InChI=1S/C36H57NO3Si/c1-6-7-8-9-10-11-12-13-14-15-16-23-28-34(38)35-33(37-30(2)40-35)29-39-41(36(3,4)5,31-24-19-17-20-25-31)32-26-21-18-22-27-32/h17-22,24-27,33-35,38H,6-16,23,28-29H2,1-5H3/t33-,34+,35+/m0/s1. The number of hydrogen-bond donors (Lipinski definition) is 1. The number of ether oxygens (including phenoxy) is 1. The van der Waals surface area contributed by atoms with Crippen LogP contribution in [0.15, 0.2) is 65.7 Å². The molecule has 0 aromatic heterocycles. The second-order valence-corrected chi connectivity index (χ2v) is 17.3. The maximum absolute atomic E-state index is 11.2. The predicted octanol–water partition coefficient (Wildman–Crippen LogP) is 8.20. The van der Waals surface area contributed by atoms with Crippen molar-refractivity contribution >= 4 is 24.6 Å². The molecule has 0 radical (unpaired) electrons. The summed E-state index contributed by atoms with van der Waals surface area (Å²) in [4.78, 5) is 4.80. The Morgan fingerprint density at radius 2 is 1.24 bits per heavy atom. The van der Waals surface area contributed by atoms with Crippen LogP contribution in [-0.4, -0.2) is 44.2 Å². The molecule has 3 rings (SSSR count). The highest BCUT2D eigenvalue weighted by Crippen LogP contribution is 2.37. The Hall–Kier alpha value is -1.95. The number of aliphatic hydroxyl groups is 1. The SMILES string of the molecule is CCCCCCCCCCCCCC[C@@H](O)[C@@H]1OC(C)=N[C@H]1CO[Si](c1ccccc1)(c1ccccc1)C(C)(C)C. The first-order valence-electron chi connectivity index (χ1n) is 16.4. The number of hydrogen-bond acceptors (Lipinski definition) is 4. The molecule has 0 fully saturated rings. The second-order valence-electron chi connectivity index (χ2n) is 13.0. The number of benzene rings is 2. The first kappa shape index (κ1) is 33.5. The van der Waals surface area contributed by atoms with Crippen molar-refractivity contribution in [1.29, 1.82) is 0 Å². The van der Waals surface area contributed by atoms with Gasteiger partial charge in [-0.2, -0.15) is 0 Å². The molecule has 2 aromatic carbocycles. The number of aliphatic hydroxyl groups excluding tert-OH is 1. The zero-order valence-electron chi connectivity index (χ0n) is 26.6. The lowest BCUT2D eigenvalue weighted by Crippen LogP contribution is -2.67. The third-order valence-electron chi connectivity index (χ3n) is 8.65. The van der Waals surface area contributed by atoms with Gasteiger partial charge in [0.25, 0.3) is 8.32 Å². The quantitative estimate of drug-likeness (QED) is 0.135. The van der Waals surface area contributed by atoms with Crippen molar-refractivity contribution in [2.45, 2.75) is 141 Å². The fraction of sp³-hybridized carbons (Fsp3) is 0.639. The Morgan fingerprint density at radius 3 is 1.71 bits per heavy atom. The van der Waals surface area contributed by atoms with E-state index in [-0.39, 0.29) is 17.2 Å². The minimum atomic E-state index is -2.67. The van der Waals surface area contributed by atoms with Crippen molar-refractivity contribution in [2.24, 2.45) is 4.99 Å². The molecule has 0 spiro atoms. The van der Waals surface area contributed by atoms with Crippen LogP contribution in [0.25, 0.3) is 0 Å². The zero-order chi connectivity index (χ0) is 29.6. The van der Waals surface area contributed by atoms with Crippen molar-refractivity contribution in [2.75, 3.05) is 6.61 Å². The molecule has 5 heteroatoms. The first-order valence-corrected chi connectivity index (χ1v) is 18.3. The Labute approximate surface area is 252 Å². The van der Waals surface area contributed by atoms with Crippen LogP contribution in [0, 0.1) is 0 Å². The molecule has 1 heterocycles. The van der Waals surface area contributed by atoms with Gasteiger partial charge in [0.05, 0.1) is 12.7 Å². The fourth-order valence-electron chi connectivity index (χ4n) is 6.41. The molecule has 0 aliphatic carbocycles. The van der Waals surface area contributed by atoms with E-state index >= 15 is 0 Å². The third kappa shape index (κ3) is 9.79. The van der Waals surface area contributed by atoms with E-state index in [4.69, 9.17) is 14.2 Å². The Morgan fingerprint density at radius 1 is 0.780 bits per heavy atom. The summed E-state index contributed by atoms with van der Waals surface area (Å²) in [5.41, 5.74) is 0. The normalized spacial score (nSPS) is 18.2. The molecular formula is C36H57NO3Si. The van der Waals surface area contributed by atoms with Gasteiger partial charge in [0.2, 0.25) is 0 Å². The van der Waals surface area contributed by atoms with Crippen LogP contribution >= 0.6 is 0 Å². The van der Waals surface area contributed by atoms with Crippen LogP contribution in [0.5, 0.6) is 0 Å². The summed E-state index contributed by atoms with van der Waals surface area (Å²) in [5.74, 6) is 0.653. The van der Waals surface area contributed by atoms with Crippen LogP contribution in [0.4, 0.5) is 0 Å². The molecule has 228 valence electrons. The van der Waals surface area contributed by atoms with Crippen molar-refractivity contribution in [3.05, 3.63) is 60.7 Å². The smallest absolute Gasteiger partial charge is 0.261 e. The van der Waals surface area contributed by atoms with Gasteiger partial charge in [0, 0.05) is 6.92 Å². The van der Waals surface area contributed by atoms with Crippen molar-refractivity contribution in [1.82, 2.24) is 0 Å². The van der Waals surface area contributed by atoms with Crippen molar-refractivity contribution in [3.8, 4) is 0 Å². The lowest BCUT2D eigenvalue weighted by Gasteiger charge is -2.43. The monoisotopic (exact) mass is 579 g/mol. The maximum atomic E-state index is 11.2. The summed E-state index contributed by atoms with van der Waals surface area (Å²) in [7, 11) is -2.67. The molecule has 41 heavy (non-hydrogen) atoms. The molecule has 1 aliphatic rings. The zero-order valence-corrected chi connectivity index (χ0v) is 27.6. The van der Waals surface area contributed by atoms with E-state index in [9.17, 15) is 5.11 Å². The molecule has 0 amide bonds. The maximum Gasteiger partial charge on any atom is 0.261 e. The van der Waals surface area contributed by atoms with Gasteiger partial charge in [-0.05, 0) is 21.8 Å².